The summed E-state index contributed by atoms with van der Waals surface area (Å²) in [7, 11) is -1.28. The van der Waals surface area contributed by atoms with Gasteiger partial charge in [0.2, 0.25) is 0 Å². The molecule has 6 nitrogen and oxygen atoms in total. The molecule has 0 atom stereocenters. The summed E-state index contributed by atoms with van der Waals surface area (Å²) in [4.78, 5) is 15.0. The largest absolute Gasteiger partial charge is 0.545 e. The van der Waals surface area contributed by atoms with Crippen LogP contribution in [0.5, 0.6) is 0 Å². The van der Waals surface area contributed by atoms with E-state index >= 15 is 0 Å². The Morgan fingerprint density at radius 2 is 1.81 bits per heavy atom. The lowest BCUT2D eigenvalue weighted by Gasteiger charge is -2.14. The van der Waals surface area contributed by atoms with Gasteiger partial charge in [-0.25, -0.2) is 8.42 Å². The molecule has 0 radical (unpaired) electrons. The third kappa shape index (κ3) is 2.38. The molecule has 7 heteroatoms. The van der Waals surface area contributed by atoms with E-state index in [0.717, 1.165) is 12.1 Å². The summed E-state index contributed by atoms with van der Waals surface area (Å²) in [6, 6.07) is 4.67. The minimum atomic E-state index is -3.73. The fourth-order valence-electron chi connectivity index (χ4n) is 1.01. The van der Waals surface area contributed by atoms with Gasteiger partial charge in [-0.3, -0.25) is 4.84 Å². The van der Waals surface area contributed by atoms with Crippen LogP contribution in [0.4, 0.5) is 0 Å². The summed E-state index contributed by atoms with van der Waals surface area (Å²) in [5, 5.41) is 10.5. The van der Waals surface area contributed by atoms with Gasteiger partial charge in [0, 0.05) is 7.05 Å². The van der Waals surface area contributed by atoms with E-state index in [0.29, 0.717) is 4.47 Å². The van der Waals surface area contributed by atoms with E-state index in [1.807, 2.05) is 0 Å². The molecule has 1 aromatic rings. The number of carbonyl (C=O) groups is 1. The highest BCUT2D eigenvalue weighted by atomic mass is 32.2. The number of benzene rings is 1. The number of aromatic carboxylic acids is 1. The van der Waals surface area contributed by atoms with Crippen LogP contribution in [0.1, 0.15) is 10.4 Å². The van der Waals surface area contributed by atoms with Crippen molar-refractivity contribution in [3.05, 3.63) is 29.8 Å². The van der Waals surface area contributed by atoms with Gasteiger partial charge < -0.3 is 9.90 Å². The number of rotatable bonds is 4. The molecule has 0 amide bonds. The van der Waals surface area contributed by atoms with Crippen LogP contribution in [0.3, 0.4) is 0 Å². The number of sulfonamides is 1. The number of carboxylic acid groups (broad SMARTS) is 1. The van der Waals surface area contributed by atoms with E-state index in [9.17, 15) is 18.3 Å². The van der Waals surface area contributed by atoms with Crippen molar-refractivity contribution in [2.45, 2.75) is 4.90 Å². The van der Waals surface area contributed by atoms with Crippen LogP contribution in [0, 0.1) is 0 Å². The summed E-state index contributed by atoms with van der Waals surface area (Å²) >= 11 is 0. The molecule has 0 N–H and O–H groups in total. The van der Waals surface area contributed by atoms with E-state index in [1.165, 1.54) is 26.3 Å². The molecule has 0 aliphatic heterocycles. The van der Waals surface area contributed by atoms with Crippen LogP contribution in [-0.4, -0.2) is 33.0 Å². The molecule has 88 valence electrons. The van der Waals surface area contributed by atoms with Gasteiger partial charge in [-0.2, -0.15) is 0 Å². The first-order chi connectivity index (χ1) is 7.39. The van der Waals surface area contributed by atoms with Gasteiger partial charge in [0.25, 0.3) is 10.0 Å². The molecule has 1 aromatic carbocycles. The maximum absolute atomic E-state index is 11.7. The molecule has 0 unspecified atom stereocenters. The van der Waals surface area contributed by atoms with Gasteiger partial charge in [-0.1, -0.05) is 16.6 Å². The maximum atomic E-state index is 11.7. The summed E-state index contributed by atoms with van der Waals surface area (Å²) < 4.78 is 24.0. The summed E-state index contributed by atoms with van der Waals surface area (Å²) in [6.07, 6.45) is 0. The Morgan fingerprint density at radius 1 is 1.31 bits per heavy atom. The lowest BCUT2D eigenvalue weighted by molar-refractivity contribution is -0.255. The monoisotopic (exact) mass is 244 g/mol. The topological polar surface area (TPSA) is 86.7 Å². The number of nitrogens with zero attached hydrogens (tertiary/aromatic N) is 1. The molecule has 16 heavy (non-hydrogen) atoms. The Hall–Kier alpha value is -1.44. The Labute approximate surface area is 93.1 Å². The Bertz CT molecular complexity index is 479. The van der Waals surface area contributed by atoms with Crippen LogP contribution >= 0.6 is 0 Å². The van der Waals surface area contributed by atoms with Crippen molar-refractivity contribution in [1.29, 1.82) is 0 Å². The highest BCUT2D eigenvalue weighted by Gasteiger charge is 2.20. The van der Waals surface area contributed by atoms with E-state index in [4.69, 9.17) is 0 Å². The first kappa shape index (κ1) is 12.6. The van der Waals surface area contributed by atoms with Gasteiger partial charge in [0.1, 0.15) is 0 Å². The van der Waals surface area contributed by atoms with Crippen molar-refractivity contribution >= 4 is 16.0 Å². The lowest BCUT2D eigenvalue weighted by Crippen LogP contribution is -2.26. The summed E-state index contributed by atoms with van der Waals surface area (Å²) in [6.45, 7) is 0. The highest BCUT2D eigenvalue weighted by molar-refractivity contribution is 7.89. The van der Waals surface area contributed by atoms with Crippen molar-refractivity contribution in [3.63, 3.8) is 0 Å². The molecule has 0 saturated carbocycles. The first-order valence-electron chi connectivity index (χ1n) is 4.24. The van der Waals surface area contributed by atoms with Crippen molar-refractivity contribution < 1.29 is 23.2 Å². The predicted molar refractivity (Wildman–Crippen MR) is 52.7 cm³/mol. The second-order valence-electron chi connectivity index (χ2n) is 2.91. The fraction of sp³-hybridized carbons (Fsp3) is 0.222. The molecule has 1 rings (SSSR count). The summed E-state index contributed by atoms with van der Waals surface area (Å²) in [5.74, 6) is -1.36. The fourth-order valence-corrected chi connectivity index (χ4v) is 1.98. The van der Waals surface area contributed by atoms with Crippen LogP contribution in [0.2, 0.25) is 0 Å². The molecule has 0 heterocycles. The van der Waals surface area contributed by atoms with Crippen molar-refractivity contribution in [1.82, 2.24) is 4.47 Å². The maximum Gasteiger partial charge on any atom is 0.264 e. The van der Waals surface area contributed by atoms with Crippen LogP contribution in [0.25, 0.3) is 0 Å². The van der Waals surface area contributed by atoms with Crippen molar-refractivity contribution in [3.8, 4) is 0 Å². The number of carboxylic acids is 1. The standard InChI is InChI=1S/C9H11NO5S/c1-10(15-2)16(13,14)8-5-3-7(4-6-8)9(11)12/h3-6H,1-2H3,(H,11,12)/p-1. The Balaban J connectivity index is 3.12. The quantitative estimate of drug-likeness (QED) is 0.649. The number of hydroxylamine groups is 1. The first-order valence-corrected chi connectivity index (χ1v) is 5.68. The molecule has 0 aromatic heterocycles. The van der Waals surface area contributed by atoms with E-state index in [-0.39, 0.29) is 10.5 Å². The minimum Gasteiger partial charge on any atom is -0.545 e. The van der Waals surface area contributed by atoms with Crippen molar-refractivity contribution in [2.75, 3.05) is 14.2 Å². The van der Waals surface area contributed by atoms with E-state index < -0.39 is 16.0 Å². The van der Waals surface area contributed by atoms with Crippen LogP contribution in [0.15, 0.2) is 29.2 Å². The zero-order chi connectivity index (χ0) is 12.3. The SMILES string of the molecule is CON(C)S(=O)(=O)c1ccc(C(=O)[O-])cc1. The average Bonchev–Trinajstić information content (AvgIpc) is 2.28. The minimum absolute atomic E-state index is 0.0538. The molecule has 0 bridgehead atoms. The molecule has 0 saturated heterocycles. The second kappa shape index (κ2) is 4.60. The third-order valence-electron chi connectivity index (χ3n) is 1.98. The smallest absolute Gasteiger partial charge is 0.264 e. The Morgan fingerprint density at radius 3 is 2.19 bits per heavy atom. The zero-order valence-corrected chi connectivity index (χ0v) is 9.52. The van der Waals surface area contributed by atoms with Gasteiger partial charge in [0.05, 0.1) is 18.0 Å². The van der Waals surface area contributed by atoms with E-state index in [1.54, 1.807) is 0 Å². The van der Waals surface area contributed by atoms with Gasteiger partial charge >= 0.3 is 0 Å². The van der Waals surface area contributed by atoms with Crippen LogP contribution < -0.4 is 5.11 Å². The predicted octanol–water partition coefficient (Wildman–Crippen LogP) is -0.768. The lowest BCUT2D eigenvalue weighted by atomic mass is 10.2. The third-order valence-corrected chi connectivity index (χ3v) is 3.68. The number of hydrogen-bond donors (Lipinski definition) is 0. The van der Waals surface area contributed by atoms with Gasteiger partial charge in [0.15, 0.2) is 0 Å². The number of hydrogen-bond acceptors (Lipinski definition) is 5. The number of carbonyl (C=O) groups excluding carboxylic acids is 1. The average molecular weight is 244 g/mol. The highest BCUT2D eigenvalue weighted by Crippen LogP contribution is 2.14. The molecule has 0 fully saturated rings. The molecule has 0 aliphatic carbocycles. The second-order valence-corrected chi connectivity index (χ2v) is 4.84. The molecule has 0 aliphatic rings. The molecule has 0 spiro atoms. The summed E-state index contributed by atoms with van der Waals surface area (Å²) in [5.41, 5.74) is -0.0842. The Kier molecular flexibility index (Phi) is 3.63. The van der Waals surface area contributed by atoms with Crippen molar-refractivity contribution in [2.24, 2.45) is 0 Å². The van der Waals surface area contributed by atoms with Gasteiger partial charge in [-0.15, -0.1) is 0 Å². The van der Waals surface area contributed by atoms with Gasteiger partial charge in [-0.05, 0) is 17.7 Å². The molecular formula is C9H10NO5S-. The zero-order valence-electron chi connectivity index (χ0n) is 8.71. The normalized spacial score (nSPS) is 11.7. The van der Waals surface area contributed by atoms with Crippen LogP contribution in [-0.2, 0) is 14.9 Å². The molecular weight excluding hydrogens is 234 g/mol. The van der Waals surface area contributed by atoms with E-state index in [2.05, 4.69) is 4.84 Å².